The van der Waals surface area contributed by atoms with Crippen LogP contribution in [0.4, 0.5) is 10.7 Å². The fraction of sp³-hybridized carbons (Fsp3) is 0.316. The third kappa shape index (κ3) is 4.32. The number of ether oxygens (including phenoxy) is 1. The van der Waals surface area contributed by atoms with Gasteiger partial charge >= 0.3 is 5.97 Å². The molecule has 2 aromatic rings. The molecule has 2 amide bonds. The van der Waals surface area contributed by atoms with Crippen molar-refractivity contribution in [1.82, 2.24) is 0 Å². The van der Waals surface area contributed by atoms with Gasteiger partial charge in [-0.2, -0.15) is 0 Å². The monoisotopic (exact) mass is 403 g/mol. The zero-order valence-electron chi connectivity index (χ0n) is 15.1. The maximum absolute atomic E-state index is 12.3. The summed E-state index contributed by atoms with van der Waals surface area (Å²) >= 11 is 1.34. The van der Waals surface area contributed by atoms with Crippen molar-refractivity contribution in [3.63, 3.8) is 0 Å². The van der Waals surface area contributed by atoms with Gasteiger partial charge in [0.05, 0.1) is 17.7 Å². The van der Waals surface area contributed by atoms with Crippen LogP contribution in [0.15, 0.2) is 24.3 Å². The molecule has 148 valence electrons. The van der Waals surface area contributed by atoms with Crippen molar-refractivity contribution < 1.29 is 24.2 Å². The van der Waals surface area contributed by atoms with Gasteiger partial charge in [-0.15, -0.1) is 11.3 Å². The molecule has 0 spiro atoms. The number of aliphatic hydroxyl groups excluding tert-OH is 1. The highest BCUT2D eigenvalue weighted by molar-refractivity contribution is 7.17. The molecule has 1 aliphatic rings. The van der Waals surface area contributed by atoms with E-state index in [1.165, 1.54) is 11.3 Å². The summed E-state index contributed by atoms with van der Waals surface area (Å²) in [6.07, 6.45) is 2.60. The molecule has 9 heteroatoms. The third-order valence-corrected chi connectivity index (χ3v) is 5.54. The molecule has 1 heterocycles. The molecule has 0 fully saturated rings. The quantitative estimate of drug-likeness (QED) is 0.495. The molecule has 28 heavy (non-hydrogen) atoms. The fourth-order valence-electron chi connectivity index (χ4n) is 3.13. The van der Waals surface area contributed by atoms with Crippen molar-refractivity contribution in [3.8, 4) is 0 Å². The number of para-hydroxylation sites is 1. The van der Waals surface area contributed by atoms with Crippen molar-refractivity contribution in [2.24, 2.45) is 5.73 Å². The number of rotatable bonds is 8. The van der Waals surface area contributed by atoms with E-state index in [0.717, 1.165) is 29.7 Å². The topological polar surface area (TPSA) is 131 Å². The maximum Gasteiger partial charge on any atom is 0.340 e. The molecule has 0 bridgehead atoms. The Morgan fingerprint density at radius 1 is 1.21 bits per heavy atom. The van der Waals surface area contributed by atoms with Crippen LogP contribution < -0.4 is 16.4 Å². The second-order valence-electron chi connectivity index (χ2n) is 6.25. The normalized spacial score (nSPS) is 12.3. The van der Waals surface area contributed by atoms with Crippen LogP contribution in [0.2, 0.25) is 0 Å². The number of hydrogen-bond donors (Lipinski definition) is 4. The molecular weight excluding hydrogens is 382 g/mol. The molecule has 1 aromatic carbocycles. The largest absolute Gasteiger partial charge is 0.452 e. The predicted octanol–water partition coefficient (Wildman–Crippen LogP) is 1.54. The molecule has 1 aliphatic carbocycles. The fourth-order valence-corrected chi connectivity index (χ4v) is 4.44. The van der Waals surface area contributed by atoms with E-state index in [0.29, 0.717) is 16.3 Å². The highest BCUT2D eigenvalue weighted by atomic mass is 32.1. The van der Waals surface area contributed by atoms with Gasteiger partial charge in [-0.05, 0) is 37.0 Å². The van der Waals surface area contributed by atoms with Crippen LogP contribution in [0.3, 0.4) is 0 Å². The SMILES string of the molecule is NC(=O)c1c(NC(=O)COC(=O)c2ccccc2NCCO)sc2c1CCC2. The number of anilines is 2. The van der Waals surface area contributed by atoms with Crippen molar-refractivity contribution in [1.29, 1.82) is 0 Å². The summed E-state index contributed by atoms with van der Waals surface area (Å²) in [6, 6.07) is 6.66. The number of thiophene rings is 1. The molecule has 5 N–H and O–H groups in total. The second kappa shape index (κ2) is 8.85. The first kappa shape index (κ1) is 19.8. The van der Waals surface area contributed by atoms with E-state index in [1.807, 2.05) is 0 Å². The van der Waals surface area contributed by atoms with Crippen LogP contribution in [-0.2, 0) is 22.4 Å². The second-order valence-corrected chi connectivity index (χ2v) is 7.35. The Bertz CT molecular complexity index is 909. The molecule has 0 radical (unpaired) electrons. The van der Waals surface area contributed by atoms with Gasteiger partial charge in [-0.3, -0.25) is 9.59 Å². The molecule has 0 saturated carbocycles. The lowest BCUT2D eigenvalue weighted by Gasteiger charge is -2.11. The van der Waals surface area contributed by atoms with Crippen LogP contribution in [0.25, 0.3) is 0 Å². The first-order chi connectivity index (χ1) is 13.5. The van der Waals surface area contributed by atoms with Crippen molar-refractivity contribution in [3.05, 3.63) is 45.8 Å². The molecule has 0 unspecified atom stereocenters. The Labute approximate surface area is 165 Å². The van der Waals surface area contributed by atoms with Gasteiger partial charge in [0.2, 0.25) is 0 Å². The minimum Gasteiger partial charge on any atom is -0.452 e. The van der Waals surface area contributed by atoms with Gasteiger partial charge in [-0.25, -0.2) is 4.79 Å². The lowest BCUT2D eigenvalue weighted by atomic mass is 10.1. The van der Waals surface area contributed by atoms with Gasteiger partial charge in [0.15, 0.2) is 6.61 Å². The number of nitrogens with two attached hydrogens (primary N) is 1. The number of primary amides is 1. The van der Waals surface area contributed by atoms with Crippen LogP contribution in [0, 0.1) is 0 Å². The van der Waals surface area contributed by atoms with Gasteiger partial charge < -0.3 is 26.2 Å². The Kier molecular flexibility index (Phi) is 6.27. The lowest BCUT2D eigenvalue weighted by molar-refractivity contribution is -0.119. The van der Waals surface area contributed by atoms with Crippen LogP contribution >= 0.6 is 11.3 Å². The number of amides is 2. The molecular formula is C19H21N3O5S. The first-order valence-electron chi connectivity index (χ1n) is 8.86. The van der Waals surface area contributed by atoms with E-state index >= 15 is 0 Å². The predicted molar refractivity (Wildman–Crippen MR) is 106 cm³/mol. The molecule has 0 atom stereocenters. The van der Waals surface area contributed by atoms with E-state index in [9.17, 15) is 14.4 Å². The smallest absolute Gasteiger partial charge is 0.340 e. The Balaban J connectivity index is 1.63. The zero-order valence-corrected chi connectivity index (χ0v) is 15.9. The van der Waals surface area contributed by atoms with Crippen LogP contribution in [-0.4, -0.2) is 42.6 Å². The highest BCUT2D eigenvalue weighted by Gasteiger charge is 2.26. The summed E-state index contributed by atoms with van der Waals surface area (Å²) in [4.78, 5) is 37.3. The Hall–Kier alpha value is -2.91. The summed E-state index contributed by atoms with van der Waals surface area (Å²) in [5, 5.41) is 14.9. The van der Waals surface area contributed by atoms with Crippen molar-refractivity contribution >= 4 is 39.8 Å². The van der Waals surface area contributed by atoms with Crippen molar-refractivity contribution in [2.75, 3.05) is 30.4 Å². The summed E-state index contributed by atoms with van der Waals surface area (Å²) in [7, 11) is 0. The Morgan fingerprint density at radius 2 is 2.00 bits per heavy atom. The minimum absolute atomic E-state index is 0.0845. The summed E-state index contributed by atoms with van der Waals surface area (Å²) in [5.41, 5.74) is 7.50. The lowest BCUT2D eigenvalue weighted by Crippen LogP contribution is -2.23. The van der Waals surface area contributed by atoms with Crippen LogP contribution in [0.5, 0.6) is 0 Å². The van der Waals surface area contributed by atoms with Gasteiger partial charge in [0.25, 0.3) is 11.8 Å². The van der Waals surface area contributed by atoms with Crippen molar-refractivity contribution in [2.45, 2.75) is 19.3 Å². The highest BCUT2D eigenvalue weighted by Crippen LogP contribution is 2.38. The summed E-state index contributed by atoms with van der Waals surface area (Å²) in [6.45, 7) is -0.295. The summed E-state index contributed by atoms with van der Waals surface area (Å²) in [5.74, 6) is -1.79. The number of aryl methyl sites for hydroxylation is 1. The van der Waals surface area contributed by atoms with Gasteiger partial charge in [0, 0.05) is 17.1 Å². The van der Waals surface area contributed by atoms with E-state index in [2.05, 4.69) is 10.6 Å². The third-order valence-electron chi connectivity index (χ3n) is 4.33. The minimum atomic E-state index is -0.667. The molecule has 8 nitrogen and oxygen atoms in total. The van der Waals surface area contributed by atoms with Crippen LogP contribution in [0.1, 0.15) is 37.6 Å². The number of hydrogen-bond acceptors (Lipinski definition) is 7. The zero-order chi connectivity index (χ0) is 20.1. The number of carbonyl (C=O) groups excluding carboxylic acids is 3. The summed E-state index contributed by atoms with van der Waals surface area (Å²) < 4.78 is 5.10. The molecule has 0 aliphatic heterocycles. The van der Waals surface area contributed by atoms with E-state index in [1.54, 1.807) is 24.3 Å². The van der Waals surface area contributed by atoms with E-state index in [4.69, 9.17) is 15.6 Å². The number of fused-ring (bicyclic) bond motifs is 1. The van der Waals surface area contributed by atoms with E-state index in [-0.39, 0.29) is 18.7 Å². The molecule has 1 aromatic heterocycles. The first-order valence-corrected chi connectivity index (χ1v) is 9.68. The maximum atomic E-state index is 12.3. The van der Waals surface area contributed by atoms with E-state index < -0.39 is 24.4 Å². The van der Waals surface area contributed by atoms with Gasteiger partial charge in [0.1, 0.15) is 5.00 Å². The number of aliphatic hydroxyl groups is 1. The molecule has 0 saturated heterocycles. The number of carbonyl (C=O) groups is 3. The van der Waals surface area contributed by atoms with Gasteiger partial charge in [-0.1, -0.05) is 12.1 Å². The average Bonchev–Trinajstić information content (AvgIpc) is 3.25. The number of benzene rings is 1. The Morgan fingerprint density at radius 3 is 2.75 bits per heavy atom. The number of esters is 1. The average molecular weight is 403 g/mol. The number of nitrogens with one attached hydrogen (secondary N) is 2. The standard InChI is InChI=1S/C19H21N3O5S/c20-17(25)16-12-5-3-7-14(12)28-18(16)22-15(24)10-27-19(26)11-4-1-2-6-13(11)21-8-9-23/h1-2,4,6,21,23H,3,5,7-10H2,(H2,20,25)(H,22,24). The molecule has 3 rings (SSSR count).